The van der Waals surface area contributed by atoms with Gasteiger partial charge in [0.2, 0.25) is 0 Å². The van der Waals surface area contributed by atoms with E-state index in [2.05, 4.69) is 16.0 Å². The first kappa shape index (κ1) is 22.2. The molecule has 3 rings (SSSR count). The summed E-state index contributed by atoms with van der Waals surface area (Å²) in [5, 5.41) is 9.70. The molecule has 0 atom stereocenters. The van der Waals surface area contributed by atoms with Gasteiger partial charge in [0.25, 0.3) is 5.91 Å². The maximum Gasteiger partial charge on any atom is 0.257 e. The molecular weight excluding hydrogens is 436 g/mol. The van der Waals surface area contributed by atoms with Gasteiger partial charge in [-0.2, -0.15) is 0 Å². The van der Waals surface area contributed by atoms with Gasteiger partial charge in [-0.15, -0.1) is 0 Å². The summed E-state index contributed by atoms with van der Waals surface area (Å²) in [4.78, 5) is 12.4. The quantitative estimate of drug-likeness (QED) is 0.306. The van der Waals surface area contributed by atoms with E-state index in [0.29, 0.717) is 44.3 Å². The van der Waals surface area contributed by atoms with Gasteiger partial charge in [-0.05, 0) is 54.7 Å². The number of nitrogens with two attached hydrogens (primary N) is 1. The fourth-order valence-corrected chi connectivity index (χ4v) is 3.25. The number of halogens is 1. The molecule has 31 heavy (non-hydrogen) atoms. The van der Waals surface area contributed by atoms with Crippen LogP contribution in [0.2, 0.25) is 5.02 Å². The number of hydrogen-bond acceptors (Lipinski definition) is 5. The second kappa shape index (κ2) is 10.0. The maximum absolute atomic E-state index is 12.4. The molecule has 0 aliphatic heterocycles. The minimum Gasteiger partial charge on any atom is -0.495 e. The van der Waals surface area contributed by atoms with Gasteiger partial charge in [-0.1, -0.05) is 23.7 Å². The van der Waals surface area contributed by atoms with E-state index >= 15 is 0 Å². The molecule has 0 aliphatic carbocycles. The number of methoxy groups -OCH3 is 2. The van der Waals surface area contributed by atoms with Crippen LogP contribution in [0.5, 0.6) is 11.5 Å². The zero-order valence-electron chi connectivity index (χ0n) is 16.9. The Balaban J connectivity index is 1.63. The Labute approximate surface area is 190 Å². The van der Waals surface area contributed by atoms with Crippen LogP contribution in [0.15, 0.2) is 60.7 Å². The van der Waals surface area contributed by atoms with Crippen molar-refractivity contribution in [2.45, 2.75) is 0 Å². The Morgan fingerprint density at radius 3 is 2.13 bits per heavy atom. The summed E-state index contributed by atoms with van der Waals surface area (Å²) in [6, 6.07) is 17.3. The number of thiocarbonyl (C=S) groups is 1. The lowest BCUT2D eigenvalue weighted by molar-refractivity contribution is 0.102. The van der Waals surface area contributed by atoms with Gasteiger partial charge in [-0.3, -0.25) is 4.79 Å². The number of hydrogen-bond donors (Lipinski definition) is 4. The fraction of sp³-hybridized carbons (Fsp3) is 0.0909. The minimum atomic E-state index is -0.278. The van der Waals surface area contributed by atoms with E-state index in [-0.39, 0.29) is 5.91 Å². The van der Waals surface area contributed by atoms with Crippen LogP contribution < -0.4 is 31.2 Å². The highest BCUT2D eigenvalue weighted by atomic mass is 35.5. The molecule has 0 saturated carbocycles. The van der Waals surface area contributed by atoms with E-state index in [1.807, 2.05) is 0 Å². The van der Waals surface area contributed by atoms with Gasteiger partial charge in [0, 0.05) is 23.1 Å². The van der Waals surface area contributed by atoms with Crippen LogP contribution in [0.1, 0.15) is 10.4 Å². The van der Waals surface area contributed by atoms with Crippen LogP contribution >= 0.6 is 23.8 Å². The zero-order chi connectivity index (χ0) is 22.4. The lowest BCUT2D eigenvalue weighted by atomic mass is 10.1. The number of carbonyl (C=O) groups is 1. The van der Waals surface area contributed by atoms with E-state index in [1.165, 1.54) is 7.11 Å². The van der Waals surface area contributed by atoms with Gasteiger partial charge >= 0.3 is 0 Å². The molecule has 3 aromatic rings. The summed E-state index contributed by atoms with van der Waals surface area (Å²) in [6.45, 7) is 0. The van der Waals surface area contributed by atoms with Gasteiger partial charge in [0.15, 0.2) is 5.11 Å². The van der Waals surface area contributed by atoms with Crippen LogP contribution in [-0.2, 0) is 0 Å². The predicted molar refractivity (Wildman–Crippen MR) is 130 cm³/mol. The van der Waals surface area contributed by atoms with E-state index in [9.17, 15) is 4.79 Å². The van der Waals surface area contributed by atoms with Crippen molar-refractivity contribution >= 4 is 57.6 Å². The molecule has 0 radical (unpaired) electrons. The Morgan fingerprint density at radius 1 is 0.903 bits per heavy atom. The van der Waals surface area contributed by atoms with Crippen molar-refractivity contribution in [3.8, 4) is 11.5 Å². The standard InChI is InChI=1S/C22H21ClN4O3S/c1-29-19-12-20(30-2)18(11-16(19)23)27-22(31)26-14-9-7-13(8-10-14)25-21(28)15-5-3-4-6-17(15)24/h3-12H,24H2,1-2H3,(H,25,28)(H2,26,27,31). The first-order chi connectivity index (χ1) is 14.9. The summed E-state index contributed by atoms with van der Waals surface area (Å²) in [7, 11) is 3.07. The van der Waals surface area contributed by atoms with Crippen LogP contribution in [-0.4, -0.2) is 25.2 Å². The van der Waals surface area contributed by atoms with Crippen molar-refractivity contribution in [2.75, 3.05) is 35.9 Å². The summed E-state index contributed by atoms with van der Waals surface area (Å²) >= 11 is 11.6. The monoisotopic (exact) mass is 456 g/mol. The average molecular weight is 457 g/mol. The molecule has 0 saturated heterocycles. The molecule has 0 spiro atoms. The molecule has 160 valence electrons. The Morgan fingerprint density at radius 2 is 1.52 bits per heavy atom. The number of benzene rings is 3. The van der Waals surface area contributed by atoms with Crippen LogP contribution in [0.25, 0.3) is 0 Å². The summed E-state index contributed by atoms with van der Waals surface area (Å²) in [5.74, 6) is 0.751. The lowest BCUT2D eigenvalue weighted by Crippen LogP contribution is -2.19. The summed E-state index contributed by atoms with van der Waals surface area (Å²) in [5.41, 5.74) is 8.63. The summed E-state index contributed by atoms with van der Waals surface area (Å²) < 4.78 is 10.5. The fourth-order valence-electron chi connectivity index (χ4n) is 2.78. The van der Waals surface area contributed by atoms with Gasteiger partial charge in [0.05, 0.1) is 30.5 Å². The number of carbonyl (C=O) groups excluding carboxylic acids is 1. The highest BCUT2D eigenvalue weighted by Crippen LogP contribution is 2.36. The lowest BCUT2D eigenvalue weighted by Gasteiger charge is -2.15. The first-order valence-electron chi connectivity index (χ1n) is 9.16. The number of anilines is 4. The van der Waals surface area contributed by atoms with E-state index < -0.39 is 0 Å². The molecule has 9 heteroatoms. The molecule has 0 aromatic heterocycles. The Kier molecular flexibility index (Phi) is 7.17. The molecule has 0 unspecified atom stereocenters. The third-order valence-electron chi connectivity index (χ3n) is 4.33. The number of para-hydroxylation sites is 1. The Bertz CT molecular complexity index is 1110. The molecule has 7 nitrogen and oxygen atoms in total. The molecule has 0 bridgehead atoms. The van der Waals surface area contributed by atoms with Gasteiger partial charge in [-0.25, -0.2) is 0 Å². The number of nitrogens with one attached hydrogen (secondary N) is 3. The topological polar surface area (TPSA) is 97.6 Å². The number of ether oxygens (including phenoxy) is 2. The molecule has 5 N–H and O–H groups in total. The highest BCUT2D eigenvalue weighted by Gasteiger charge is 2.12. The highest BCUT2D eigenvalue weighted by molar-refractivity contribution is 7.80. The third kappa shape index (κ3) is 5.56. The second-order valence-corrected chi connectivity index (χ2v) is 7.20. The van der Waals surface area contributed by atoms with Gasteiger partial charge in [0.1, 0.15) is 11.5 Å². The van der Waals surface area contributed by atoms with Crippen molar-refractivity contribution in [3.63, 3.8) is 0 Å². The van der Waals surface area contributed by atoms with Crippen molar-refractivity contribution in [1.82, 2.24) is 0 Å². The van der Waals surface area contributed by atoms with Crippen molar-refractivity contribution < 1.29 is 14.3 Å². The molecule has 3 aromatic carbocycles. The largest absolute Gasteiger partial charge is 0.495 e. The minimum absolute atomic E-state index is 0.278. The Hall–Kier alpha value is -3.49. The zero-order valence-corrected chi connectivity index (χ0v) is 18.4. The first-order valence-corrected chi connectivity index (χ1v) is 9.95. The molecule has 0 fully saturated rings. The van der Waals surface area contributed by atoms with E-state index in [1.54, 1.807) is 67.8 Å². The number of amides is 1. The smallest absolute Gasteiger partial charge is 0.257 e. The molecule has 0 aliphatic rings. The van der Waals surface area contributed by atoms with Crippen LogP contribution in [0.3, 0.4) is 0 Å². The predicted octanol–water partition coefficient (Wildman–Crippen LogP) is 5.00. The second-order valence-electron chi connectivity index (χ2n) is 6.38. The van der Waals surface area contributed by atoms with Crippen LogP contribution in [0, 0.1) is 0 Å². The number of nitrogen functional groups attached to an aromatic ring is 1. The maximum atomic E-state index is 12.4. The average Bonchev–Trinajstić information content (AvgIpc) is 2.75. The van der Waals surface area contributed by atoms with Crippen molar-refractivity contribution in [1.29, 1.82) is 0 Å². The normalized spacial score (nSPS) is 10.2. The molecule has 1 amide bonds. The number of rotatable bonds is 6. The summed E-state index contributed by atoms with van der Waals surface area (Å²) in [6.07, 6.45) is 0. The molecular formula is C22H21ClN4O3S. The van der Waals surface area contributed by atoms with Crippen LogP contribution in [0.4, 0.5) is 22.7 Å². The van der Waals surface area contributed by atoms with Gasteiger partial charge < -0.3 is 31.2 Å². The van der Waals surface area contributed by atoms with E-state index in [0.717, 1.165) is 5.69 Å². The van der Waals surface area contributed by atoms with Crippen molar-refractivity contribution in [3.05, 3.63) is 71.2 Å². The SMILES string of the molecule is COc1cc(OC)c(NC(=S)Nc2ccc(NC(=O)c3ccccc3N)cc2)cc1Cl. The van der Waals surface area contributed by atoms with Crippen molar-refractivity contribution in [2.24, 2.45) is 0 Å². The molecule has 0 heterocycles. The van der Waals surface area contributed by atoms with E-state index in [4.69, 9.17) is 39.0 Å². The third-order valence-corrected chi connectivity index (χ3v) is 4.83.